The van der Waals surface area contributed by atoms with E-state index in [0.29, 0.717) is 12.2 Å². The molecule has 0 radical (unpaired) electrons. The molecule has 104 valence electrons. The van der Waals surface area contributed by atoms with Gasteiger partial charge >= 0.3 is 12.1 Å². The molecule has 0 unspecified atom stereocenters. The SMILES string of the molecule is O=C(O)CCN(c1ccc(C(F)(F)F)cc1)C1CC1. The Kier molecular flexibility index (Phi) is 3.68. The van der Waals surface area contributed by atoms with E-state index in [-0.39, 0.29) is 12.5 Å². The van der Waals surface area contributed by atoms with E-state index in [1.54, 1.807) is 0 Å². The highest BCUT2D eigenvalue weighted by atomic mass is 19.4. The van der Waals surface area contributed by atoms with Gasteiger partial charge in [0, 0.05) is 18.3 Å². The van der Waals surface area contributed by atoms with Gasteiger partial charge in [-0.25, -0.2) is 0 Å². The van der Waals surface area contributed by atoms with Crippen molar-refractivity contribution in [3.05, 3.63) is 29.8 Å². The van der Waals surface area contributed by atoms with Crippen LogP contribution in [0.1, 0.15) is 24.8 Å². The second kappa shape index (κ2) is 5.11. The molecule has 0 spiro atoms. The van der Waals surface area contributed by atoms with Gasteiger partial charge in [0.25, 0.3) is 0 Å². The minimum Gasteiger partial charge on any atom is -0.481 e. The Morgan fingerprint density at radius 1 is 1.26 bits per heavy atom. The number of alkyl halides is 3. The van der Waals surface area contributed by atoms with Crippen LogP contribution in [0.3, 0.4) is 0 Å². The average molecular weight is 273 g/mol. The van der Waals surface area contributed by atoms with Crippen LogP contribution in [0.15, 0.2) is 24.3 Å². The first-order valence-corrected chi connectivity index (χ1v) is 6.03. The molecule has 6 heteroatoms. The molecule has 1 N–H and O–H groups in total. The fourth-order valence-electron chi connectivity index (χ4n) is 1.97. The third-order valence-electron chi connectivity index (χ3n) is 3.08. The number of rotatable bonds is 5. The molecule has 1 aliphatic carbocycles. The predicted octanol–water partition coefficient (Wildman–Crippen LogP) is 3.15. The van der Waals surface area contributed by atoms with E-state index in [2.05, 4.69) is 0 Å². The Hall–Kier alpha value is -1.72. The minimum absolute atomic E-state index is 0.0163. The van der Waals surface area contributed by atoms with Crippen molar-refractivity contribution in [1.29, 1.82) is 0 Å². The lowest BCUT2D eigenvalue weighted by Gasteiger charge is -2.24. The summed E-state index contributed by atoms with van der Waals surface area (Å²) in [5.41, 5.74) is -0.0398. The summed E-state index contributed by atoms with van der Waals surface area (Å²) in [6.07, 6.45) is -2.44. The number of carboxylic acid groups (broad SMARTS) is 1. The van der Waals surface area contributed by atoms with Gasteiger partial charge in [-0.1, -0.05) is 0 Å². The molecule has 0 saturated heterocycles. The highest BCUT2D eigenvalue weighted by Gasteiger charge is 2.32. The number of halogens is 3. The Morgan fingerprint density at radius 2 is 1.84 bits per heavy atom. The fourth-order valence-corrected chi connectivity index (χ4v) is 1.97. The van der Waals surface area contributed by atoms with Crippen molar-refractivity contribution < 1.29 is 23.1 Å². The predicted molar refractivity (Wildman–Crippen MR) is 64.1 cm³/mol. The lowest BCUT2D eigenvalue weighted by Crippen LogP contribution is -2.28. The molecule has 2 rings (SSSR count). The standard InChI is InChI=1S/C13H14F3NO2/c14-13(15,16)9-1-3-10(4-2-9)17(11-5-6-11)8-7-12(18)19/h1-4,11H,5-8H2,(H,18,19). The van der Waals surface area contributed by atoms with Crippen molar-refractivity contribution in [2.75, 3.05) is 11.4 Å². The lowest BCUT2D eigenvalue weighted by atomic mass is 10.2. The van der Waals surface area contributed by atoms with Crippen LogP contribution in [0.2, 0.25) is 0 Å². The Labute approximate surface area is 108 Å². The third-order valence-corrected chi connectivity index (χ3v) is 3.08. The van der Waals surface area contributed by atoms with Crippen molar-refractivity contribution in [3.63, 3.8) is 0 Å². The molecule has 1 aliphatic rings. The molecule has 1 fully saturated rings. The van der Waals surface area contributed by atoms with Gasteiger partial charge < -0.3 is 10.0 Å². The second-order valence-corrected chi connectivity index (χ2v) is 4.61. The lowest BCUT2D eigenvalue weighted by molar-refractivity contribution is -0.138. The van der Waals surface area contributed by atoms with E-state index >= 15 is 0 Å². The number of carbonyl (C=O) groups is 1. The minimum atomic E-state index is -4.34. The maximum atomic E-state index is 12.5. The molecular weight excluding hydrogens is 259 g/mol. The monoisotopic (exact) mass is 273 g/mol. The van der Waals surface area contributed by atoms with Gasteiger partial charge in [0.15, 0.2) is 0 Å². The first-order chi connectivity index (χ1) is 8.88. The van der Waals surface area contributed by atoms with Crippen molar-refractivity contribution in [3.8, 4) is 0 Å². The molecule has 0 bridgehead atoms. The van der Waals surface area contributed by atoms with Crippen LogP contribution in [0.5, 0.6) is 0 Å². The zero-order valence-corrected chi connectivity index (χ0v) is 10.2. The quantitative estimate of drug-likeness (QED) is 0.896. The van der Waals surface area contributed by atoms with Crippen LogP contribution in [0, 0.1) is 0 Å². The number of anilines is 1. The van der Waals surface area contributed by atoms with Gasteiger partial charge in [0.1, 0.15) is 0 Å². The molecule has 3 nitrogen and oxygen atoms in total. The Bertz CT molecular complexity index is 452. The van der Waals surface area contributed by atoms with Gasteiger partial charge in [-0.05, 0) is 37.1 Å². The number of carboxylic acids is 1. The summed E-state index contributed by atoms with van der Waals surface area (Å²) < 4.78 is 37.4. The average Bonchev–Trinajstić information content (AvgIpc) is 3.13. The summed E-state index contributed by atoms with van der Waals surface area (Å²) in [5.74, 6) is -0.905. The number of hydrogen-bond acceptors (Lipinski definition) is 2. The van der Waals surface area contributed by atoms with E-state index in [1.807, 2.05) is 4.90 Å². The van der Waals surface area contributed by atoms with E-state index in [9.17, 15) is 18.0 Å². The van der Waals surface area contributed by atoms with Gasteiger partial charge in [0.2, 0.25) is 0 Å². The summed E-state index contributed by atoms with van der Waals surface area (Å²) in [7, 11) is 0. The van der Waals surface area contributed by atoms with Gasteiger partial charge in [0.05, 0.1) is 12.0 Å². The van der Waals surface area contributed by atoms with Crippen molar-refractivity contribution >= 4 is 11.7 Å². The van der Waals surface area contributed by atoms with Crippen LogP contribution < -0.4 is 4.90 Å². The maximum absolute atomic E-state index is 12.5. The van der Waals surface area contributed by atoms with Crippen LogP contribution in [0.25, 0.3) is 0 Å². The van der Waals surface area contributed by atoms with E-state index < -0.39 is 17.7 Å². The summed E-state index contributed by atoms with van der Waals surface area (Å²) in [6.45, 7) is 0.325. The molecule has 1 saturated carbocycles. The number of hydrogen-bond donors (Lipinski definition) is 1. The van der Waals surface area contributed by atoms with E-state index in [1.165, 1.54) is 12.1 Å². The first-order valence-electron chi connectivity index (χ1n) is 6.03. The third kappa shape index (κ3) is 3.62. The molecule has 1 aromatic carbocycles. The smallest absolute Gasteiger partial charge is 0.416 e. The van der Waals surface area contributed by atoms with Crippen molar-refractivity contribution in [2.45, 2.75) is 31.5 Å². The normalized spacial score (nSPS) is 15.3. The van der Waals surface area contributed by atoms with E-state index in [4.69, 9.17) is 5.11 Å². The summed E-state index contributed by atoms with van der Waals surface area (Å²) >= 11 is 0. The summed E-state index contributed by atoms with van der Waals surface area (Å²) in [4.78, 5) is 12.5. The largest absolute Gasteiger partial charge is 0.481 e. The summed E-state index contributed by atoms with van der Waals surface area (Å²) in [6, 6.07) is 5.14. The van der Waals surface area contributed by atoms with Crippen LogP contribution in [-0.2, 0) is 11.0 Å². The molecule has 19 heavy (non-hydrogen) atoms. The topological polar surface area (TPSA) is 40.5 Å². The number of benzene rings is 1. The molecular formula is C13H14F3NO2. The molecule has 0 heterocycles. The van der Waals surface area contributed by atoms with Crippen molar-refractivity contribution in [1.82, 2.24) is 0 Å². The zero-order chi connectivity index (χ0) is 14.0. The first kappa shape index (κ1) is 13.7. The van der Waals surface area contributed by atoms with Gasteiger partial charge in [-0.15, -0.1) is 0 Å². The highest BCUT2D eigenvalue weighted by molar-refractivity contribution is 5.68. The molecule has 1 aromatic rings. The van der Waals surface area contributed by atoms with Crippen molar-refractivity contribution in [2.24, 2.45) is 0 Å². The molecule has 0 aromatic heterocycles. The highest BCUT2D eigenvalue weighted by Crippen LogP contribution is 2.34. The Morgan fingerprint density at radius 3 is 2.26 bits per heavy atom. The second-order valence-electron chi connectivity index (χ2n) is 4.61. The zero-order valence-electron chi connectivity index (χ0n) is 10.2. The summed E-state index contributed by atoms with van der Waals surface area (Å²) in [5, 5.41) is 8.69. The number of aliphatic carboxylic acids is 1. The maximum Gasteiger partial charge on any atom is 0.416 e. The van der Waals surface area contributed by atoms with Gasteiger partial charge in [-0.2, -0.15) is 13.2 Å². The van der Waals surface area contributed by atoms with E-state index in [0.717, 1.165) is 25.0 Å². The number of nitrogens with zero attached hydrogens (tertiary/aromatic N) is 1. The molecule has 0 amide bonds. The molecule has 0 aliphatic heterocycles. The van der Waals surface area contributed by atoms with Crippen LogP contribution in [0.4, 0.5) is 18.9 Å². The Balaban J connectivity index is 2.11. The fraction of sp³-hybridized carbons (Fsp3) is 0.462. The molecule has 0 atom stereocenters. The van der Waals surface area contributed by atoms with Crippen LogP contribution in [-0.4, -0.2) is 23.7 Å². The van der Waals surface area contributed by atoms with Crippen LogP contribution >= 0.6 is 0 Å². The van der Waals surface area contributed by atoms with Gasteiger partial charge in [-0.3, -0.25) is 4.79 Å².